The van der Waals surface area contributed by atoms with Gasteiger partial charge in [-0.25, -0.2) is 4.98 Å². The Morgan fingerprint density at radius 2 is 2.19 bits per heavy atom. The van der Waals surface area contributed by atoms with E-state index in [2.05, 4.69) is 57.6 Å². The molecule has 5 heteroatoms. The molecule has 1 unspecified atom stereocenters. The number of rotatable bonds is 7. The minimum atomic E-state index is 0.254. The molecule has 1 aromatic heterocycles. The van der Waals surface area contributed by atoms with Crippen molar-refractivity contribution in [1.29, 1.82) is 0 Å². The second kappa shape index (κ2) is 7.61. The third-order valence-corrected chi connectivity index (χ3v) is 3.94. The van der Waals surface area contributed by atoms with Crippen LogP contribution in [0.25, 0.3) is 0 Å². The van der Waals surface area contributed by atoms with Crippen molar-refractivity contribution in [2.24, 2.45) is 0 Å². The van der Waals surface area contributed by atoms with Gasteiger partial charge in [-0.1, -0.05) is 28.9 Å². The minimum absolute atomic E-state index is 0.254. The predicted molar refractivity (Wildman–Crippen MR) is 88.5 cm³/mol. The van der Waals surface area contributed by atoms with Crippen molar-refractivity contribution in [2.45, 2.75) is 40.0 Å². The second-order valence-electron chi connectivity index (χ2n) is 4.88. The number of hydrogen-bond acceptors (Lipinski definition) is 3. The summed E-state index contributed by atoms with van der Waals surface area (Å²) >= 11 is 3.51. The highest BCUT2D eigenvalue weighted by Crippen LogP contribution is 2.29. The number of benzene rings is 1. The molecular weight excluding hydrogens is 330 g/mol. The number of nitrogens with one attached hydrogen (secondary N) is 1. The van der Waals surface area contributed by atoms with E-state index in [1.54, 1.807) is 0 Å². The molecule has 0 bridgehead atoms. The zero-order chi connectivity index (χ0) is 15.2. The van der Waals surface area contributed by atoms with Crippen LogP contribution in [-0.4, -0.2) is 16.1 Å². The van der Waals surface area contributed by atoms with Gasteiger partial charge in [0.15, 0.2) is 0 Å². The summed E-state index contributed by atoms with van der Waals surface area (Å²) < 4.78 is 9.13. The SMILES string of the molecule is CCNC(C)c1ccc(Br)cc1OCc1nccn1CC. The summed E-state index contributed by atoms with van der Waals surface area (Å²) in [6.45, 7) is 8.65. The average molecular weight is 352 g/mol. The Morgan fingerprint density at radius 1 is 1.38 bits per heavy atom. The van der Waals surface area contributed by atoms with Crippen LogP contribution >= 0.6 is 15.9 Å². The van der Waals surface area contributed by atoms with E-state index >= 15 is 0 Å². The van der Waals surface area contributed by atoms with Crippen molar-refractivity contribution in [3.63, 3.8) is 0 Å². The third-order valence-electron chi connectivity index (χ3n) is 3.45. The fourth-order valence-corrected chi connectivity index (χ4v) is 2.66. The normalized spacial score (nSPS) is 12.4. The summed E-state index contributed by atoms with van der Waals surface area (Å²) in [4.78, 5) is 4.35. The van der Waals surface area contributed by atoms with Crippen molar-refractivity contribution in [1.82, 2.24) is 14.9 Å². The van der Waals surface area contributed by atoms with Gasteiger partial charge in [0.25, 0.3) is 0 Å². The van der Waals surface area contributed by atoms with Gasteiger partial charge in [-0.05, 0) is 32.5 Å². The van der Waals surface area contributed by atoms with Crippen molar-refractivity contribution in [2.75, 3.05) is 6.54 Å². The lowest BCUT2D eigenvalue weighted by atomic mass is 10.1. The molecule has 0 aliphatic heterocycles. The number of imidazole rings is 1. The van der Waals surface area contributed by atoms with E-state index < -0.39 is 0 Å². The lowest BCUT2D eigenvalue weighted by molar-refractivity contribution is 0.284. The van der Waals surface area contributed by atoms with Gasteiger partial charge >= 0.3 is 0 Å². The number of nitrogens with zero attached hydrogens (tertiary/aromatic N) is 2. The quantitative estimate of drug-likeness (QED) is 0.821. The number of aromatic nitrogens is 2. The van der Waals surface area contributed by atoms with Gasteiger partial charge in [0.2, 0.25) is 0 Å². The van der Waals surface area contributed by atoms with Crippen LogP contribution < -0.4 is 10.1 Å². The van der Waals surface area contributed by atoms with Crippen LogP contribution in [0.4, 0.5) is 0 Å². The summed E-state index contributed by atoms with van der Waals surface area (Å²) in [7, 11) is 0. The summed E-state index contributed by atoms with van der Waals surface area (Å²) in [5.41, 5.74) is 1.16. The Labute approximate surface area is 134 Å². The maximum atomic E-state index is 6.02. The molecule has 114 valence electrons. The van der Waals surface area contributed by atoms with E-state index in [1.165, 1.54) is 0 Å². The second-order valence-corrected chi connectivity index (χ2v) is 5.80. The van der Waals surface area contributed by atoms with Crippen LogP contribution in [0.3, 0.4) is 0 Å². The molecule has 0 spiro atoms. The number of aryl methyl sites for hydroxylation is 1. The number of ether oxygens (including phenoxy) is 1. The highest BCUT2D eigenvalue weighted by Gasteiger charge is 2.12. The fourth-order valence-electron chi connectivity index (χ4n) is 2.32. The smallest absolute Gasteiger partial charge is 0.146 e. The van der Waals surface area contributed by atoms with E-state index in [4.69, 9.17) is 4.74 Å². The molecule has 1 atom stereocenters. The molecule has 4 nitrogen and oxygen atoms in total. The molecule has 0 fully saturated rings. The van der Waals surface area contributed by atoms with Gasteiger partial charge in [-0.3, -0.25) is 0 Å². The van der Waals surface area contributed by atoms with E-state index in [0.29, 0.717) is 6.61 Å². The first-order chi connectivity index (χ1) is 10.2. The molecule has 0 saturated heterocycles. The number of hydrogen-bond donors (Lipinski definition) is 1. The molecule has 0 aliphatic carbocycles. The zero-order valence-electron chi connectivity index (χ0n) is 12.8. The first kappa shape index (κ1) is 16.0. The first-order valence-corrected chi connectivity index (χ1v) is 8.10. The molecule has 2 rings (SSSR count). The summed E-state index contributed by atoms with van der Waals surface area (Å²) in [5, 5.41) is 3.42. The molecule has 1 aromatic carbocycles. The Morgan fingerprint density at radius 3 is 2.90 bits per heavy atom. The van der Waals surface area contributed by atoms with Crippen molar-refractivity contribution in [3.8, 4) is 5.75 Å². The van der Waals surface area contributed by atoms with Gasteiger partial charge in [0.1, 0.15) is 18.2 Å². The van der Waals surface area contributed by atoms with Crippen LogP contribution in [0.5, 0.6) is 5.75 Å². The summed E-state index contributed by atoms with van der Waals surface area (Å²) in [5.74, 6) is 1.84. The van der Waals surface area contributed by atoms with Crippen molar-refractivity contribution >= 4 is 15.9 Å². The van der Waals surface area contributed by atoms with E-state index in [9.17, 15) is 0 Å². The Balaban J connectivity index is 2.16. The van der Waals surface area contributed by atoms with Gasteiger partial charge in [0.05, 0.1) is 0 Å². The Bertz CT molecular complexity index is 583. The molecule has 1 N–H and O–H groups in total. The fraction of sp³-hybridized carbons (Fsp3) is 0.438. The maximum Gasteiger partial charge on any atom is 0.146 e. The van der Waals surface area contributed by atoms with E-state index in [-0.39, 0.29) is 6.04 Å². The standard InChI is InChI=1S/C16H22BrN3O/c1-4-18-12(3)14-7-6-13(17)10-15(14)21-11-16-19-8-9-20(16)5-2/h6-10,12,18H,4-5,11H2,1-3H3. The van der Waals surface area contributed by atoms with Gasteiger partial charge in [0, 0.05) is 35.0 Å². The predicted octanol–water partition coefficient (Wildman–Crippen LogP) is 3.92. The Hall–Kier alpha value is -1.33. The summed E-state index contributed by atoms with van der Waals surface area (Å²) in [6, 6.07) is 6.41. The van der Waals surface area contributed by atoms with Crippen molar-refractivity contribution < 1.29 is 4.74 Å². The lowest BCUT2D eigenvalue weighted by Crippen LogP contribution is -2.18. The lowest BCUT2D eigenvalue weighted by Gasteiger charge is -2.18. The highest BCUT2D eigenvalue weighted by molar-refractivity contribution is 9.10. The van der Waals surface area contributed by atoms with Crippen LogP contribution in [0, 0.1) is 0 Å². The highest BCUT2D eigenvalue weighted by atomic mass is 79.9. The molecule has 1 heterocycles. The number of halogens is 1. The van der Waals surface area contributed by atoms with Crippen LogP contribution in [-0.2, 0) is 13.2 Å². The molecule has 2 aromatic rings. The minimum Gasteiger partial charge on any atom is -0.485 e. The van der Waals surface area contributed by atoms with Gasteiger partial charge in [-0.2, -0.15) is 0 Å². The molecule has 0 radical (unpaired) electrons. The van der Waals surface area contributed by atoms with Crippen LogP contribution in [0.2, 0.25) is 0 Å². The third kappa shape index (κ3) is 4.08. The first-order valence-electron chi connectivity index (χ1n) is 7.31. The van der Waals surface area contributed by atoms with Crippen LogP contribution in [0.15, 0.2) is 35.1 Å². The largest absolute Gasteiger partial charge is 0.485 e. The molecule has 0 aliphatic rings. The summed E-state index contributed by atoms with van der Waals surface area (Å²) in [6.07, 6.45) is 3.78. The topological polar surface area (TPSA) is 39.1 Å². The van der Waals surface area contributed by atoms with Gasteiger partial charge in [-0.15, -0.1) is 0 Å². The molecule has 21 heavy (non-hydrogen) atoms. The average Bonchev–Trinajstić information content (AvgIpc) is 2.92. The van der Waals surface area contributed by atoms with Gasteiger partial charge < -0.3 is 14.6 Å². The van der Waals surface area contributed by atoms with E-state index in [1.807, 2.05) is 24.5 Å². The molecule has 0 amide bonds. The molecular formula is C16H22BrN3O. The Kier molecular flexibility index (Phi) is 5.82. The van der Waals surface area contributed by atoms with Crippen LogP contribution in [0.1, 0.15) is 38.2 Å². The maximum absolute atomic E-state index is 6.02. The monoisotopic (exact) mass is 351 g/mol. The zero-order valence-corrected chi connectivity index (χ0v) is 14.4. The molecule has 0 saturated carbocycles. The van der Waals surface area contributed by atoms with Crippen molar-refractivity contribution in [3.05, 3.63) is 46.5 Å². The van der Waals surface area contributed by atoms with E-state index in [0.717, 1.165) is 34.7 Å².